The van der Waals surface area contributed by atoms with Crippen LogP contribution in [0.25, 0.3) is 163 Å². The number of benzene rings is 18. The Morgan fingerprint density at radius 3 is 1.21 bits per heavy atom. The summed E-state index contributed by atoms with van der Waals surface area (Å²) in [7, 11) is 0. The summed E-state index contributed by atoms with van der Waals surface area (Å²) in [6.45, 7) is 0. The molecule has 0 atom stereocenters. The molecular weight excluding hydrogens is 1280 g/mol. The van der Waals surface area contributed by atoms with Crippen LogP contribution < -0.4 is 9.80 Å². The summed E-state index contributed by atoms with van der Waals surface area (Å²) in [5.41, 5.74) is 24.2. The molecule has 0 aliphatic carbocycles. The Morgan fingerprint density at radius 1 is 0.202 bits per heavy atom. The van der Waals surface area contributed by atoms with Crippen LogP contribution in [0, 0.1) is 0 Å². The number of thiophene rings is 1. The maximum atomic E-state index is 6.79. The molecule has 0 bridgehead atoms. The van der Waals surface area contributed by atoms with E-state index in [2.05, 4.69) is 392 Å². The fourth-order valence-electron chi connectivity index (χ4n) is 16.3. The topological polar surface area (TPSA) is 19.6 Å². The predicted molar refractivity (Wildman–Crippen MR) is 444 cm³/mol. The van der Waals surface area contributed by atoms with E-state index in [1.165, 1.54) is 58.2 Å². The van der Waals surface area contributed by atoms with E-state index in [4.69, 9.17) is 4.42 Å². The zero-order valence-corrected chi connectivity index (χ0v) is 57.5. The highest BCUT2D eigenvalue weighted by Gasteiger charge is 2.29. The third kappa shape index (κ3) is 10.3. The standard InChI is InChI=1S/C100H64N2OS/c1-5-28-65(29-6-1)74-38-17-21-45-85(74)98-78(67-32-9-3-10-33-67)47-25-50-90(98)101(73-56-58-84-83-44-23-24-53-95(83)103-96(84)64-73)93-62-72-37-14-16-41-77(72)88-60-69(54-57-82(88)93)70-55-59-97-89(61-70)87-49-27-52-92(100(87)104-97)102(94-63-71-36-13-15-40-76(71)80-42-19-20-43-81(80)94)91-51-26-48-79(68-34-11-4-12-35-68)99(91)86-46-22-18-39-75(86)66-30-7-2-8-31-66/h1-64H. The van der Waals surface area contributed by atoms with Crippen molar-refractivity contribution in [3.63, 3.8) is 0 Å². The molecule has 20 rings (SSSR count). The van der Waals surface area contributed by atoms with E-state index < -0.39 is 0 Å². The first-order valence-electron chi connectivity index (χ1n) is 35.6. The van der Waals surface area contributed by atoms with Crippen LogP contribution in [0.3, 0.4) is 0 Å². The Balaban J connectivity index is 0.799. The fraction of sp³-hybridized carbons (Fsp3) is 0. The van der Waals surface area contributed by atoms with Gasteiger partial charge in [0.05, 0.1) is 33.1 Å². The van der Waals surface area contributed by atoms with Gasteiger partial charge in [-0.1, -0.05) is 315 Å². The normalized spacial score (nSPS) is 11.7. The Hall–Kier alpha value is -13.4. The molecule has 2 heterocycles. The second kappa shape index (κ2) is 25.4. The molecule has 3 nitrogen and oxygen atoms in total. The minimum atomic E-state index is 0.830. The molecule has 2 aromatic heterocycles. The highest BCUT2D eigenvalue weighted by molar-refractivity contribution is 7.26. The van der Waals surface area contributed by atoms with Crippen LogP contribution >= 0.6 is 11.3 Å². The Kier molecular flexibility index (Phi) is 14.8. The van der Waals surface area contributed by atoms with Crippen molar-refractivity contribution in [2.45, 2.75) is 0 Å². The average Bonchev–Trinajstić information content (AvgIpc) is 1.24. The molecule has 0 spiro atoms. The van der Waals surface area contributed by atoms with Crippen LogP contribution in [0.5, 0.6) is 0 Å². The fourth-order valence-corrected chi connectivity index (χ4v) is 17.5. The zero-order valence-electron chi connectivity index (χ0n) is 56.7. The van der Waals surface area contributed by atoms with Crippen LogP contribution in [0.15, 0.2) is 393 Å². The minimum absolute atomic E-state index is 0.830. The molecule has 486 valence electrons. The lowest BCUT2D eigenvalue weighted by Crippen LogP contribution is -2.13. The van der Waals surface area contributed by atoms with Gasteiger partial charge in [-0.15, -0.1) is 11.3 Å². The van der Waals surface area contributed by atoms with Gasteiger partial charge in [-0.2, -0.15) is 0 Å². The van der Waals surface area contributed by atoms with E-state index in [-0.39, 0.29) is 0 Å². The molecule has 0 unspecified atom stereocenters. The second-order valence-electron chi connectivity index (χ2n) is 26.9. The van der Waals surface area contributed by atoms with Gasteiger partial charge >= 0.3 is 0 Å². The molecule has 104 heavy (non-hydrogen) atoms. The summed E-state index contributed by atoms with van der Waals surface area (Å²) in [6, 6.07) is 143. The first kappa shape index (κ1) is 60.6. The number of para-hydroxylation sites is 1. The van der Waals surface area contributed by atoms with E-state index >= 15 is 0 Å². The monoisotopic (exact) mass is 1340 g/mol. The summed E-state index contributed by atoms with van der Waals surface area (Å²) in [4.78, 5) is 5.09. The molecule has 0 aliphatic heterocycles. The van der Waals surface area contributed by atoms with Gasteiger partial charge in [0, 0.05) is 59.9 Å². The highest BCUT2D eigenvalue weighted by Crippen LogP contribution is 2.55. The van der Waals surface area contributed by atoms with Gasteiger partial charge in [0.1, 0.15) is 11.2 Å². The van der Waals surface area contributed by atoms with Crippen molar-refractivity contribution in [3.05, 3.63) is 388 Å². The number of fused-ring (bicyclic) bond motifs is 12. The van der Waals surface area contributed by atoms with Gasteiger partial charge in [-0.3, -0.25) is 0 Å². The first-order valence-corrected chi connectivity index (χ1v) is 36.4. The molecule has 0 fully saturated rings. The van der Waals surface area contributed by atoms with Crippen molar-refractivity contribution >= 4 is 131 Å². The second-order valence-corrected chi connectivity index (χ2v) is 28.0. The number of hydrogen-bond acceptors (Lipinski definition) is 4. The van der Waals surface area contributed by atoms with Crippen molar-refractivity contribution in [1.29, 1.82) is 0 Å². The zero-order chi connectivity index (χ0) is 68.6. The quantitative estimate of drug-likeness (QED) is 0.107. The molecule has 20 aromatic rings. The number of furan rings is 1. The van der Waals surface area contributed by atoms with Gasteiger partial charge in [-0.05, 0) is 166 Å². The molecular formula is C100H64N2OS. The molecule has 4 heteroatoms. The third-order valence-electron chi connectivity index (χ3n) is 21.0. The van der Waals surface area contributed by atoms with Crippen LogP contribution in [-0.4, -0.2) is 0 Å². The van der Waals surface area contributed by atoms with Crippen LogP contribution in [0.4, 0.5) is 34.1 Å². The number of hydrogen-bond donors (Lipinski definition) is 0. The molecule has 0 saturated heterocycles. The SMILES string of the molecule is c1ccc(-c2ccccc2-c2c(-c3ccccc3)cccc2N(c2ccc3c(c2)oc2ccccc23)c2cc3ccccc3c3cc(-c4ccc5sc6c(N(c7cccc(-c8ccccc8)c7-c7ccccc7-c7ccccc7)c7cc8ccccc8c8ccccc78)cccc6c5c4)ccc23)cc1. The van der Waals surface area contributed by atoms with Gasteiger partial charge in [0.25, 0.3) is 0 Å². The third-order valence-corrected chi connectivity index (χ3v) is 22.2. The van der Waals surface area contributed by atoms with Gasteiger partial charge in [-0.25, -0.2) is 0 Å². The van der Waals surface area contributed by atoms with E-state index in [9.17, 15) is 0 Å². The van der Waals surface area contributed by atoms with Crippen molar-refractivity contribution in [2.75, 3.05) is 9.80 Å². The van der Waals surface area contributed by atoms with Gasteiger partial charge in [0.2, 0.25) is 0 Å². The van der Waals surface area contributed by atoms with E-state index in [0.29, 0.717) is 0 Å². The number of anilines is 6. The largest absolute Gasteiger partial charge is 0.456 e. The summed E-state index contributed by atoms with van der Waals surface area (Å²) in [6.07, 6.45) is 0. The molecule has 0 radical (unpaired) electrons. The van der Waals surface area contributed by atoms with Crippen LogP contribution in [0.2, 0.25) is 0 Å². The van der Waals surface area contributed by atoms with Crippen molar-refractivity contribution in [1.82, 2.24) is 0 Å². The van der Waals surface area contributed by atoms with E-state index in [1.807, 2.05) is 17.4 Å². The van der Waals surface area contributed by atoms with Crippen molar-refractivity contribution in [2.24, 2.45) is 0 Å². The van der Waals surface area contributed by atoms with Gasteiger partial charge < -0.3 is 14.2 Å². The molecule has 0 aliphatic rings. The average molecular weight is 1340 g/mol. The lowest BCUT2D eigenvalue weighted by molar-refractivity contribution is 0.669. The number of nitrogens with zero attached hydrogens (tertiary/aromatic N) is 2. The van der Waals surface area contributed by atoms with Gasteiger partial charge in [0.15, 0.2) is 0 Å². The minimum Gasteiger partial charge on any atom is -0.456 e. The number of rotatable bonds is 13. The smallest absolute Gasteiger partial charge is 0.137 e. The Labute approximate surface area is 606 Å². The molecule has 0 N–H and O–H groups in total. The summed E-state index contributed by atoms with van der Waals surface area (Å²) in [5.74, 6) is 0. The highest BCUT2D eigenvalue weighted by atomic mass is 32.1. The maximum absolute atomic E-state index is 6.79. The summed E-state index contributed by atoms with van der Waals surface area (Å²) in [5, 5.41) is 14.0. The van der Waals surface area contributed by atoms with Crippen LogP contribution in [0.1, 0.15) is 0 Å². The Bertz CT molecular complexity index is 6740. The van der Waals surface area contributed by atoms with Crippen molar-refractivity contribution in [3.8, 4) is 77.9 Å². The lowest BCUT2D eigenvalue weighted by atomic mass is 9.87. The summed E-state index contributed by atoms with van der Waals surface area (Å²) < 4.78 is 9.22. The van der Waals surface area contributed by atoms with Crippen LogP contribution in [-0.2, 0) is 0 Å². The molecule has 0 amide bonds. The lowest BCUT2D eigenvalue weighted by Gasteiger charge is -2.31. The molecule has 0 saturated carbocycles. The van der Waals surface area contributed by atoms with Crippen molar-refractivity contribution < 1.29 is 4.42 Å². The van der Waals surface area contributed by atoms with E-state index in [0.717, 1.165) is 139 Å². The Morgan fingerprint density at radius 2 is 0.606 bits per heavy atom. The van der Waals surface area contributed by atoms with E-state index in [1.54, 1.807) is 0 Å². The summed E-state index contributed by atoms with van der Waals surface area (Å²) >= 11 is 1.87. The molecule has 18 aromatic carbocycles. The first-order chi connectivity index (χ1) is 51.6. The predicted octanol–water partition coefficient (Wildman–Crippen LogP) is 29.2. The maximum Gasteiger partial charge on any atom is 0.137 e.